The molecule has 2 N–H and O–H groups in total. The molecule has 0 spiro atoms. The summed E-state index contributed by atoms with van der Waals surface area (Å²) < 4.78 is 0. The van der Waals surface area contributed by atoms with E-state index in [1.165, 1.54) is 0 Å². The van der Waals surface area contributed by atoms with Crippen molar-refractivity contribution in [3.05, 3.63) is 63.5 Å². The van der Waals surface area contributed by atoms with E-state index in [0.717, 1.165) is 38.8 Å². The second-order valence-corrected chi connectivity index (χ2v) is 5.63. The minimum atomic E-state index is -0.221. The van der Waals surface area contributed by atoms with Crippen molar-refractivity contribution in [1.82, 2.24) is 15.0 Å². The van der Waals surface area contributed by atoms with E-state index in [2.05, 4.69) is 15.0 Å². The van der Waals surface area contributed by atoms with Crippen LogP contribution in [0, 0.1) is 6.92 Å². The summed E-state index contributed by atoms with van der Waals surface area (Å²) in [5, 5.41) is 1.68. The summed E-state index contributed by atoms with van der Waals surface area (Å²) in [7, 11) is 0. The molecule has 0 aliphatic heterocycles. The second-order valence-electron chi connectivity index (χ2n) is 5.26. The van der Waals surface area contributed by atoms with E-state index in [1.807, 2.05) is 49.4 Å². The Balaban J connectivity index is 0.00000156. The molecule has 116 valence electrons. The van der Waals surface area contributed by atoms with E-state index in [4.69, 9.17) is 11.6 Å². The number of H-pyrrole nitrogens is 2. The Kier molecular flexibility index (Phi) is 3.88. The number of nitrogens with one attached hydrogen (secondary N) is 2. The molecule has 4 aromatic rings. The molecule has 0 saturated carbocycles. The number of imidazole rings is 1. The Morgan fingerprint density at radius 3 is 2.61 bits per heavy atom. The average Bonchev–Trinajstić information content (AvgIpc) is 2.90. The number of nitrogens with zero attached hydrogens (tertiary/aromatic N) is 1. The fourth-order valence-corrected chi connectivity index (χ4v) is 2.98. The van der Waals surface area contributed by atoms with Gasteiger partial charge in [-0.2, -0.15) is 0 Å². The van der Waals surface area contributed by atoms with Crippen LogP contribution in [0.5, 0.6) is 0 Å². The highest BCUT2D eigenvalue weighted by Gasteiger charge is 2.12. The van der Waals surface area contributed by atoms with Crippen LogP contribution >= 0.6 is 24.0 Å². The first-order chi connectivity index (χ1) is 10.6. The van der Waals surface area contributed by atoms with Crippen LogP contribution in [0.15, 0.2) is 47.3 Å². The molecule has 4 rings (SSSR count). The van der Waals surface area contributed by atoms with Gasteiger partial charge in [-0.15, -0.1) is 12.4 Å². The highest BCUT2D eigenvalue weighted by Crippen LogP contribution is 2.33. The van der Waals surface area contributed by atoms with Crippen LogP contribution in [0.1, 0.15) is 5.56 Å². The Morgan fingerprint density at radius 1 is 1.04 bits per heavy atom. The van der Waals surface area contributed by atoms with E-state index in [0.29, 0.717) is 5.02 Å². The maximum absolute atomic E-state index is 11.4. The molecule has 0 bridgehead atoms. The number of aromatic amines is 2. The van der Waals surface area contributed by atoms with Gasteiger partial charge in [-0.25, -0.2) is 9.78 Å². The first-order valence-corrected chi connectivity index (χ1v) is 7.28. The smallest absolute Gasteiger partial charge is 0.306 e. The number of pyridine rings is 1. The summed E-state index contributed by atoms with van der Waals surface area (Å²) >= 11 is 6.52. The van der Waals surface area contributed by atoms with Crippen molar-refractivity contribution in [3.63, 3.8) is 0 Å². The molecule has 0 radical (unpaired) electrons. The molecular formula is C17H13Cl2N3O. The quantitative estimate of drug-likeness (QED) is 0.535. The highest BCUT2D eigenvalue weighted by atomic mass is 35.5. The van der Waals surface area contributed by atoms with Crippen molar-refractivity contribution in [3.8, 4) is 11.3 Å². The SMILES string of the molecule is Cc1c(Cl)c(-c2ccc3[nH]c(=O)[nH]c3c2)nc2ccccc12.Cl. The standard InChI is InChI=1S/C17H12ClN3O.ClH/c1-9-11-4-2-3-5-12(11)19-16(15(9)18)10-6-7-13-14(8-10)21-17(22)20-13;/h2-8H,1H3,(H2,20,21,22);1H. The molecule has 6 heteroatoms. The molecule has 2 aromatic carbocycles. The third-order valence-electron chi connectivity index (χ3n) is 3.87. The van der Waals surface area contributed by atoms with E-state index < -0.39 is 0 Å². The molecule has 0 amide bonds. The highest BCUT2D eigenvalue weighted by molar-refractivity contribution is 6.34. The van der Waals surface area contributed by atoms with Crippen molar-refractivity contribution in [2.45, 2.75) is 6.92 Å². The number of hydrogen-bond donors (Lipinski definition) is 2. The van der Waals surface area contributed by atoms with Crippen LogP contribution in [0.3, 0.4) is 0 Å². The zero-order valence-corrected chi connectivity index (χ0v) is 13.8. The molecule has 0 fully saturated rings. The van der Waals surface area contributed by atoms with Crippen LogP contribution in [0.25, 0.3) is 33.2 Å². The first-order valence-electron chi connectivity index (χ1n) is 6.91. The molecule has 4 nitrogen and oxygen atoms in total. The van der Waals surface area contributed by atoms with Crippen molar-refractivity contribution in [1.29, 1.82) is 0 Å². The van der Waals surface area contributed by atoms with Crippen LogP contribution in [0.2, 0.25) is 5.02 Å². The van der Waals surface area contributed by atoms with Gasteiger partial charge in [-0.1, -0.05) is 35.9 Å². The Hall–Kier alpha value is -2.30. The maximum atomic E-state index is 11.4. The number of aromatic nitrogens is 3. The van der Waals surface area contributed by atoms with Crippen molar-refractivity contribution < 1.29 is 0 Å². The molecule has 0 saturated heterocycles. The van der Waals surface area contributed by atoms with Crippen molar-refractivity contribution >= 4 is 45.9 Å². The lowest BCUT2D eigenvalue weighted by Crippen LogP contribution is -1.99. The van der Waals surface area contributed by atoms with Gasteiger partial charge in [0.1, 0.15) is 0 Å². The number of rotatable bonds is 1. The molecule has 0 aliphatic rings. The van der Waals surface area contributed by atoms with Gasteiger partial charge in [-0.3, -0.25) is 0 Å². The number of aryl methyl sites for hydroxylation is 1. The first kappa shape index (κ1) is 15.6. The Morgan fingerprint density at radius 2 is 1.78 bits per heavy atom. The van der Waals surface area contributed by atoms with Crippen molar-refractivity contribution in [2.24, 2.45) is 0 Å². The van der Waals surface area contributed by atoms with Gasteiger partial charge >= 0.3 is 5.69 Å². The van der Waals surface area contributed by atoms with Crippen LogP contribution in [-0.2, 0) is 0 Å². The Labute approximate surface area is 142 Å². The Bertz CT molecular complexity index is 1080. The third kappa shape index (κ3) is 2.50. The normalized spacial score (nSPS) is 10.9. The number of para-hydroxylation sites is 1. The van der Waals surface area contributed by atoms with Gasteiger partial charge in [0.05, 0.1) is 27.3 Å². The zero-order valence-electron chi connectivity index (χ0n) is 12.2. The predicted molar refractivity (Wildman–Crippen MR) is 96.7 cm³/mol. The lowest BCUT2D eigenvalue weighted by molar-refractivity contribution is 1.21. The molecule has 2 aromatic heterocycles. The molecule has 0 atom stereocenters. The van der Waals surface area contributed by atoms with Crippen LogP contribution < -0.4 is 5.69 Å². The summed E-state index contributed by atoms with van der Waals surface area (Å²) in [6, 6.07) is 13.6. The minimum Gasteiger partial charge on any atom is -0.306 e. The van der Waals surface area contributed by atoms with Gasteiger partial charge in [-0.05, 0) is 30.7 Å². The third-order valence-corrected chi connectivity index (χ3v) is 4.33. The number of fused-ring (bicyclic) bond motifs is 2. The fraction of sp³-hybridized carbons (Fsp3) is 0.0588. The topological polar surface area (TPSA) is 61.5 Å². The largest absolute Gasteiger partial charge is 0.323 e. The molecule has 0 unspecified atom stereocenters. The predicted octanol–water partition coefficient (Wildman–Crippen LogP) is 4.46. The van der Waals surface area contributed by atoms with Gasteiger partial charge in [0, 0.05) is 10.9 Å². The van der Waals surface area contributed by atoms with E-state index in [9.17, 15) is 4.79 Å². The van der Waals surface area contributed by atoms with Crippen molar-refractivity contribution in [2.75, 3.05) is 0 Å². The summed E-state index contributed by atoms with van der Waals surface area (Å²) in [6.07, 6.45) is 0. The van der Waals surface area contributed by atoms with E-state index in [1.54, 1.807) is 0 Å². The van der Waals surface area contributed by atoms with E-state index >= 15 is 0 Å². The van der Waals surface area contributed by atoms with E-state index in [-0.39, 0.29) is 18.1 Å². The van der Waals surface area contributed by atoms with Gasteiger partial charge in [0.15, 0.2) is 0 Å². The van der Waals surface area contributed by atoms with Gasteiger partial charge in [0.2, 0.25) is 0 Å². The molecule has 0 aliphatic carbocycles. The summed E-state index contributed by atoms with van der Waals surface area (Å²) in [4.78, 5) is 21.6. The number of hydrogen-bond acceptors (Lipinski definition) is 2. The lowest BCUT2D eigenvalue weighted by atomic mass is 10.0. The lowest BCUT2D eigenvalue weighted by Gasteiger charge is -2.10. The molecule has 23 heavy (non-hydrogen) atoms. The monoisotopic (exact) mass is 345 g/mol. The van der Waals surface area contributed by atoms with Gasteiger partial charge in [0.25, 0.3) is 0 Å². The minimum absolute atomic E-state index is 0. The fourth-order valence-electron chi connectivity index (χ4n) is 2.72. The number of halogens is 2. The second kappa shape index (κ2) is 5.72. The average molecular weight is 346 g/mol. The van der Waals surface area contributed by atoms with Gasteiger partial charge < -0.3 is 9.97 Å². The summed E-state index contributed by atoms with van der Waals surface area (Å²) in [6.45, 7) is 1.99. The molecular weight excluding hydrogens is 333 g/mol. The van der Waals surface area contributed by atoms with Crippen LogP contribution in [0.4, 0.5) is 0 Å². The summed E-state index contributed by atoms with van der Waals surface area (Å²) in [5.41, 5.74) is 4.80. The maximum Gasteiger partial charge on any atom is 0.323 e. The number of benzene rings is 2. The molecule has 2 heterocycles. The zero-order chi connectivity index (χ0) is 15.3. The summed E-state index contributed by atoms with van der Waals surface area (Å²) in [5.74, 6) is 0. The van der Waals surface area contributed by atoms with Crippen LogP contribution in [-0.4, -0.2) is 15.0 Å².